The first-order valence-corrected chi connectivity index (χ1v) is 6.54. The highest BCUT2D eigenvalue weighted by Gasteiger charge is 2.37. The molecule has 0 aliphatic heterocycles. The minimum atomic E-state index is -0.365. The molecule has 1 aromatic carbocycles. The second kappa shape index (κ2) is 3.70. The van der Waals surface area contributed by atoms with E-state index in [9.17, 15) is 4.79 Å². The molecule has 0 unspecified atom stereocenters. The summed E-state index contributed by atoms with van der Waals surface area (Å²) in [5, 5.41) is 0. The SMILES string of the molecule is CC1(C)C(=O)CCc2c(Br)ccc(Br)c21. The number of carbonyl (C=O) groups excluding carboxylic acids is 1. The Balaban J connectivity index is 2.73. The summed E-state index contributed by atoms with van der Waals surface area (Å²) in [4.78, 5) is 11.9. The first kappa shape index (κ1) is 11.3. The molecular weight excluding hydrogens is 320 g/mol. The van der Waals surface area contributed by atoms with Gasteiger partial charge in [0.15, 0.2) is 0 Å². The number of hydrogen-bond donors (Lipinski definition) is 0. The van der Waals surface area contributed by atoms with E-state index in [0.29, 0.717) is 12.2 Å². The first-order chi connectivity index (χ1) is 6.94. The van der Waals surface area contributed by atoms with Crippen LogP contribution in [0.2, 0.25) is 0 Å². The molecule has 1 aliphatic carbocycles. The van der Waals surface area contributed by atoms with E-state index in [0.717, 1.165) is 20.9 Å². The van der Waals surface area contributed by atoms with Gasteiger partial charge < -0.3 is 0 Å². The highest BCUT2D eigenvalue weighted by atomic mass is 79.9. The lowest BCUT2D eigenvalue weighted by Gasteiger charge is -2.32. The topological polar surface area (TPSA) is 17.1 Å². The van der Waals surface area contributed by atoms with Crippen molar-refractivity contribution in [2.24, 2.45) is 0 Å². The third-order valence-electron chi connectivity index (χ3n) is 3.13. The largest absolute Gasteiger partial charge is 0.299 e. The molecule has 0 amide bonds. The van der Waals surface area contributed by atoms with Gasteiger partial charge in [-0.15, -0.1) is 0 Å². The standard InChI is InChI=1S/C12H12Br2O/c1-12(2)10(15)6-3-7-8(13)4-5-9(14)11(7)12/h4-5H,3,6H2,1-2H3. The molecule has 0 saturated carbocycles. The maximum atomic E-state index is 11.9. The molecule has 15 heavy (non-hydrogen) atoms. The number of Topliss-reactive ketones (excluding diaryl/α,β-unsaturated/α-hetero) is 1. The van der Waals surface area contributed by atoms with Crippen LogP contribution in [-0.2, 0) is 16.6 Å². The van der Waals surface area contributed by atoms with Crippen molar-refractivity contribution in [2.45, 2.75) is 32.1 Å². The number of carbonyl (C=O) groups is 1. The monoisotopic (exact) mass is 330 g/mol. The molecule has 0 fully saturated rings. The average molecular weight is 332 g/mol. The smallest absolute Gasteiger partial charge is 0.143 e. The van der Waals surface area contributed by atoms with Crippen LogP contribution in [0.5, 0.6) is 0 Å². The number of halogens is 2. The van der Waals surface area contributed by atoms with E-state index in [-0.39, 0.29) is 5.41 Å². The Labute approximate surface area is 107 Å². The highest BCUT2D eigenvalue weighted by molar-refractivity contribution is 9.11. The average Bonchev–Trinajstić information content (AvgIpc) is 2.16. The summed E-state index contributed by atoms with van der Waals surface area (Å²) < 4.78 is 2.15. The minimum absolute atomic E-state index is 0.328. The summed E-state index contributed by atoms with van der Waals surface area (Å²) >= 11 is 7.10. The fourth-order valence-electron chi connectivity index (χ4n) is 2.20. The van der Waals surface area contributed by atoms with E-state index >= 15 is 0 Å². The Morgan fingerprint density at radius 3 is 2.40 bits per heavy atom. The molecule has 0 bridgehead atoms. The summed E-state index contributed by atoms with van der Waals surface area (Å²) in [6.07, 6.45) is 1.49. The lowest BCUT2D eigenvalue weighted by molar-refractivity contribution is -0.124. The summed E-state index contributed by atoms with van der Waals surface area (Å²) in [5.41, 5.74) is 2.05. The van der Waals surface area contributed by atoms with Gasteiger partial charge in [-0.05, 0) is 43.5 Å². The van der Waals surface area contributed by atoms with Crippen LogP contribution in [0.25, 0.3) is 0 Å². The molecule has 0 heterocycles. The van der Waals surface area contributed by atoms with Crippen molar-refractivity contribution in [3.63, 3.8) is 0 Å². The van der Waals surface area contributed by atoms with E-state index in [2.05, 4.69) is 31.9 Å². The van der Waals surface area contributed by atoms with Gasteiger partial charge in [0.2, 0.25) is 0 Å². The number of fused-ring (bicyclic) bond motifs is 1. The fraction of sp³-hybridized carbons (Fsp3) is 0.417. The van der Waals surface area contributed by atoms with E-state index in [1.165, 1.54) is 5.56 Å². The van der Waals surface area contributed by atoms with Gasteiger partial charge >= 0.3 is 0 Å². The zero-order valence-electron chi connectivity index (χ0n) is 8.73. The molecule has 0 N–H and O–H groups in total. The first-order valence-electron chi connectivity index (χ1n) is 4.95. The second-order valence-corrected chi connectivity index (χ2v) is 6.14. The van der Waals surface area contributed by atoms with Gasteiger partial charge in [-0.25, -0.2) is 0 Å². The van der Waals surface area contributed by atoms with Gasteiger partial charge in [-0.2, -0.15) is 0 Å². The van der Waals surface area contributed by atoms with Gasteiger partial charge in [-0.3, -0.25) is 4.79 Å². The molecule has 0 spiro atoms. The Morgan fingerprint density at radius 2 is 1.73 bits per heavy atom. The van der Waals surface area contributed by atoms with Crippen LogP contribution < -0.4 is 0 Å². The quantitative estimate of drug-likeness (QED) is 0.702. The van der Waals surface area contributed by atoms with Crippen molar-refractivity contribution in [3.05, 3.63) is 32.2 Å². The minimum Gasteiger partial charge on any atom is -0.299 e. The van der Waals surface area contributed by atoms with Crippen molar-refractivity contribution in [3.8, 4) is 0 Å². The third kappa shape index (κ3) is 1.70. The molecule has 0 radical (unpaired) electrons. The molecule has 0 atom stereocenters. The Hall–Kier alpha value is -0.150. The maximum Gasteiger partial charge on any atom is 0.143 e. The van der Waals surface area contributed by atoms with Crippen molar-refractivity contribution >= 4 is 37.6 Å². The van der Waals surface area contributed by atoms with Gasteiger partial charge in [0.05, 0.1) is 0 Å². The van der Waals surface area contributed by atoms with Crippen molar-refractivity contribution < 1.29 is 4.79 Å². The number of benzene rings is 1. The van der Waals surface area contributed by atoms with Gasteiger partial charge in [0.25, 0.3) is 0 Å². The summed E-state index contributed by atoms with van der Waals surface area (Å²) in [5.74, 6) is 0.328. The highest BCUT2D eigenvalue weighted by Crippen LogP contribution is 2.41. The lowest BCUT2D eigenvalue weighted by Crippen LogP contribution is -2.34. The van der Waals surface area contributed by atoms with Crippen molar-refractivity contribution in [1.82, 2.24) is 0 Å². The second-order valence-electron chi connectivity index (χ2n) is 4.43. The van der Waals surface area contributed by atoms with E-state index < -0.39 is 0 Å². The molecule has 1 aliphatic rings. The molecule has 80 valence electrons. The molecule has 1 aromatic rings. The fourth-order valence-corrected chi connectivity index (χ4v) is 3.60. The lowest BCUT2D eigenvalue weighted by atomic mass is 9.72. The van der Waals surface area contributed by atoms with Crippen LogP contribution in [0.3, 0.4) is 0 Å². The van der Waals surface area contributed by atoms with E-state index in [4.69, 9.17) is 0 Å². The van der Waals surface area contributed by atoms with Crippen molar-refractivity contribution in [2.75, 3.05) is 0 Å². The van der Waals surface area contributed by atoms with Gasteiger partial charge in [0, 0.05) is 20.8 Å². The zero-order chi connectivity index (χ0) is 11.2. The van der Waals surface area contributed by atoms with Crippen LogP contribution >= 0.6 is 31.9 Å². The molecule has 3 heteroatoms. The summed E-state index contributed by atoms with van der Waals surface area (Å²) in [6.45, 7) is 4.01. The van der Waals surface area contributed by atoms with E-state index in [1.807, 2.05) is 26.0 Å². The van der Waals surface area contributed by atoms with Crippen LogP contribution in [0.15, 0.2) is 21.1 Å². The Morgan fingerprint density at radius 1 is 1.13 bits per heavy atom. The third-order valence-corrected chi connectivity index (χ3v) is 4.53. The molecule has 0 aromatic heterocycles. The number of hydrogen-bond acceptors (Lipinski definition) is 1. The van der Waals surface area contributed by atoms with Gasteiger partial charge in [0.1, 0.15) is 5.78 Å². The van der Waals surface area contributed by atoms with Crippen LogP contribution in [0.4, 0.5) is 0 Å². The summed E-state index contributed by atoms with van der Waals surface area (Å²) in [6, 6.07) is 4.04. The van der Waals surface area contributed by atoms with Crippen LogP contribution in [0, 0.1) is 0 Å². The van der Waals surface area contributed by atoms with E-state index in [1.54, 1.807) is 0 Å². The predicted octanol–water partition coefficient (Wildman–Crippen LogP) is 4.00. The number of ketones is 1. The van der Waals surface area contributed by atoms with Crippen molar-refractivity contribution in [1.29, 1.82) is 0 Å². The Kier molecular flexibility index (Phi) is 2.80. The zero-order valence-corrected chi connectivity index (χ0v) is 11.9. The molecule has 2 rings (SSSR count). The molecule has 1 nitrogen and oxygen atoms in total. The van der Waals surface area contributed by atoms with Crippen LogP contribution in [-0.4, -0.2) is 5.78 Å². The summed E-state index contributed by atoms with van der Waals surface area (Å²) in [7, 11) is 0. The molecule has 0 saturated heterocycles. The van der Waals surface area contributed by atoms with Gasteiger partial charge in [-0.1, -0.05) is 31.9 Å². The molecular formula is C12H12Br2O. The maximum absolute atomic E-state index is 11.9. The van der Waals surface area contributed by atoms with Crippen LogP contribution in [0.1, 0.15) is 31.4 Å². The normalized spacial score (nSPS) is 18.8. The number of rotatable bonds is 0. The predicted molar refractivity (Wildman–Crippen MR) is 68.2 cm³/mol. The Bertz CT molecular complexity index is 435.